The summed E-state index contributed by atoms with van der Waals surface area (Å²) in [6.45, 7) is 5.87. The van der Waals surface area contributed by atoms with Crippen molar-refractivity contribution < 1.29 is 14.0 Å². The van der Waals surface area contributed by atoms with E-state index in [0.29, 0.717) is 10.8 Å². The van der Waals surface area contributed by atoms with Gasteiger partial charge in [-0.15, -0.1) is 11.8 Å². The second-order valence-electron chi connectivity index (χ2n) is 7.23. The molecule has 0 aromatic heterocycles. The van der Waals surface area contributed by atoms with Crippen molar-refractivity contribution in [3.63, 3.8) is 0 Å². The van der Waals surface area contributed by atoms with Crippen molar-refractivity contribution in [2.24, 2.45) is 0 Å². The Kier molecular flexibility index (Phi) is 9.66. The number of carbonyl (C=O) groups is 2. The number of carbonyl (C=O) groups excluding carboxylic acids is 2. The molecule has 0 bridgehead atoms. The van der Waals surface area contributed by atoms with Gasteiger partial charge in [-0.3, -0.25) is 9.59 Å². The first-order valence-electron chi connectivity index (χ1n) is 9.97. The number of nitrogens with zero attached hydrogens (tertiary/aromatic N) is 1. The molecular formula is C23H28ClFN2O2S. The minimum Gasteiger partial charge on any atom is -0.352 e. The topological polar surface area (TPSA) is 49.4 Å². The summed E-state index contributed by atoms with van der Waals surface area (Å²) in [5, 5.41) is 3.60. The lowest BCUT2D eigenvalue weighted by Gasteiger charge is -2.29. The quantitative estimate of drug-likeness (QED) is 0.551. The zero-order valence-electron chi connectivity index (χ0n) is 17.5. The lowest BCUT2D eigenvalue weighted by molar-refractivity contribution is -0.138. The Labute approximate surface area is 187 Å². The number of amides is 2. The van der Waals surface area contributed by atoms with Crippen molar-refractivity contribution in [3.8, 4) is 0 Å². The molecule has 2 aromatic rings. The first kappa shape index (κ1) is 24.2. The van der Waals surface area contributed by atoms with Gasteiger partial charge >= 0.3 is 0 Å². The molecule has 162 valence electrons. The highest BCUT2D eigenvalue weighted by Crippen LogP contribution is 2.21. The van der Waals surface area contributed by atoms with Crippen molar-refractivity contribution in [2.75, 3.05) is 5.75 Å². The fourth-order valence-electron chi connectivity index (χ4n) is 2.78. The first-order chi connectivity index (χ1) is 14.3. The van der Waals surface area contributed by atoms with Gasteiger partial charge in [0.1, 0.15) is 11.9 Å². The molecule has 2 aromatic carbocycles. The molecular weight excluding hydrogens is 423 g/mol. The van der Waals surface area contributed by atoms with Crippen molar-refractivity contribution >= 4 is 35.2 Å². The van der Waals surface area contributed by atoms with Gasteiger partial charge in [-0.05, 0) is 49.6 Å². The minimum atomic E-state index is -0.641. The van der Waals surface area contributed by atoms with Crippen LogP contribution in [0.25, 0.3) is 0 Å². The number of nitrogens with one attached hydrogen (secondary N) is 1. The molecule has 0 saturated carbocycles. The van der Waals surface area contributed by atoms with Gasteiger partial charge in [0.05, 0.1) is 5.75 Å². The lowest BCUT2D eigenvalue weighted by atomic mass is 10.1. The van der Waals surface area contributed by atoms with Crippen LogP contribution in [0.3, 0.4) is 0 Å². The Hall–Kier alpha value is -2.05. The highest BCUT2D eigenvalue weighted by Gasteiger charge is 2.26. The average Bonchev–Trinajstić information content (AvgIpc) is 2.73. The standard InChI is InChI=1S/C23H28ClFN2O2S/c1-4-16(2)26-23(29)17(3)27(13-18-9-11-20(25)12-10-18)22(28)15-30-14-19-7-5-6-8-21(19)24/h5-12,16-17H,4,13-15H2,1-3H3,(H,26,29)/t16-,17+/m1/s1. The molecule has 0 aliphatic rings. The molecule has 0 saturated heterocycles. The molecule has 0 aliphatic heterocycles. The van der Waals surface area contributed by atoms with Gasteiger partial charge in [-0.1, -0.05) is 48.9 Å². The van der Waals surface area contributed by atoms with Gasteiger partial charge in [0.2, 0.25) is 11.8 Å². The maximum atomic E-state index is 13.3. The third-order valence-electron chi connectivity index (χ3n) is 4.88. The van der Waals surface area contributed by atoms with E-state index >= 15 is 0 Å². The molecule has 0 fully saturated rings. The molecule has 30 heavy (non-hydrogen) atoms. The summed E-state index contributed by atoms with van der Waals surface area (Å²) in [7, 11) is 0. The first-order valence-corrected chi connectivity index (χ1v) is 11.5. The maximum absolute atomic E-state index is 13.3. The van der Waals surface area contributed by atoms with Gasteiger partial charge in [0, 0.05) is 23.4 Å². The molecule has 7 heteroatoms. The Morgan fingerprint density at radius 1 is 1.13 bits per heavy atom. The van der Waals surface area contributed by atoms with Crippen molar-refractivity contribution in [1.82, 2.24) is 10.2 Å². The zero-order valence-corrected chi connectivity index (χ0v) is 19.1. The van der Waals surface area contributed by atoms with Crippen LogP contribution in [0, 0.1) is 5.82 Å². The highest BCUT2D eigenvalue weighted by atomic mass is 35.5. The Morgan fingerprint density at radius 2 is 1.80 bits per heavy atom. The number of halogens is 2. The van der Waals surface area contributed by atoms with Crippen LogP contribution in [0.5, 0.6) is 0 Å². The van der Waals surface area contributed by atoms with Gasteiger partial charge in [-0.25, -0.2) is 4.39 Å². The largest absolute Gasteiger partial charge is 0.352 e. The van der Waals surface area contributed by atoms with E-state index in [-0.39, 0.29) is 36.0 Å². The zero-order chi connectivity index (χ0) is 22.1. The summed E-state index contributed by atoms with van der Waals surface area (Å²) in [4.78, 5) is 27.2. The number of hydrogen-bond donors (Lipinski definition) is 1. The Balaban J connectivity index is 2.08. The SMILES string of the molecule is CC[C@@H](C)NC(=O)[C@H](C)N(Cc1ccc(F)cc1)C(=O)CSCc1ccccc1Cl. The molecule has 2 amide bonds. The maximum Gasteiger partial charge on any atom is 0.242 e. The van der Waals surface area contributed by atoms with E-state index in [2.05, 4.69) is 5.32 Å². The van der Waals surface area contributed by atoms with Crippen LogP contribution in [0.15, 0.2) is 48.5 Å². The van der Waals surface area contributed by atoms with Gasteiger partial charge in [-0.2, -0.15) is 0 Å². The molecule has 2 rings (SSSR count). The molecule has 4 nitrogen and oxygen atoms in total. The van der Waals surface area contributed by atoms with E-state index in [1.165, 1.54) is 23.9 Å². The molecule has 0 spiro atoms. The third kappa shape index (κ3) is 7.33. The monoisotopic (exact) mass is 450 g/mol. The highest BCUT2D eigenvalue weighted by molar-refractivity contribution is 7.99. The number of hydrogen-bond acceptors (Lipinski definition) is 3. The molecule has 0 aliphatic carbocycles. The minimum absolute atomic E-state index is 0.0253. The molecule has 0 heterocycles. The average molecular weight is 451 g/mol. The summed E-state index contributed by atoms with van der Waals surface area (Å²) >= 11 is 7.63. The normalized spacial score (nSPS) is 12.8. The Morgan fingerprint density at radius 3 is 2.43 bits per heavy atom. The van der Waals surface area contributed by atoms with Crippen LogP contribution in [0.4, 0.5) is 4.39 Å². The van der Waals surface area contributed by atoms with Crippen LogP contribution >= 0.6 is 23.4 Å². The van der Waals surface area contributed by atoms with E-state index in [0.717, 1.165) is 17.5 Å². The number of thioether (sulfide) groups is 1. The predicted octanol–water partition coefficient (Wildman–Crippen LogP) is 5.04. The van der Waals surface area contributed by atoms with E-state index in [9.17, 15) is 14.0 Å². The summed E-state index contributed by atoms with van der Waals surface area (Å²) in [6.07, 6.45) is 0.804. The van der Waals surface area contributed by atoms with Crippen LogP contribution in [-0.2, 0) is 21.9 Å². The van der Waals surface area contributed by atoms with Gasteiger partial charge < -0.3 is 10.2 Å². The number of rotatable bonds is 10. The predicted molar refractivity (Wildman–Crippen MR) is 122 cm³/mol. The second-order valence-corrected chi connectivity index (χ2v) is 8.62. The van der Waals surface area contributed by atoms with Crippen molar-refractivity contribution in [1.29, 1.82) is 0 Å². The number of benzene rings is 2. The van der Waals surface area contributed by atoms with Gasteiger partial charge in [0.15, 0.2) is 0 Å². The Bertz CT molecular complexity index is 847. The molecule has 0 radical (unpaired) electrons. The van der Waals surface area contributed by atoms with E-state index in [1.807, 2.05) is 38.1 Å². The van der Waals surface area contributed by atoms with E-state index in [4.69, 9.17) is 11.6 Å². The fraction of sp³-hybridized carbons (Fsp3) is 0.391. The molecule has 1 N–H and O–H groups in total. The van der Waals surface area contributed by atoms with Crippen LogP contribution in [0.2, 0.25) is 5.02 Å². The lowest BCUT2D eigenvalue weighted by Crippen LogP contribution is -2.50. The van der Waals surface area contributed by atoms with E-state index < -0.39 is 6.04 Å². The fourth-order valence-corrected chi connectivity index (χ4v) is 3.98. The summed E-state index contributed by atoms with van der Waals surface area (Å²) in [6, 6.07) is 12.9. The summed E-state index contributed by atoms with van der Waals surface area (Å²) < 4.78 is 13.3. The third-order valence-corrected chi connectivity index (χ3v) is 6.21. The van der Waals surface area contributed by atoms with Crippen molar-refractivity contribution in [3.05, 3.63) is 70.5 Å². The van der Waals surface area contributed by atoms with Crippen LogP contribution in [-0.4, -0.2) is 34.6 Å². The van der Waals surface area contributed by atoms with Crippen LogP contribution < -0.4 is 5.32 Å². The second kappa shape index (κ2) is 12.0. The summed E-state index contributed by atoms with van der Waals surface area (Å²) in [5.74, 6) is 0.130. The van der Waals surface area contributed by atoms with Gasteiger partial charge in [0.25, 0.3) is 0 Å². The molecule has 0 unspecified atom stereocenters. The van der Waals surface area contributed by atoms with Crippen LogP contribution in [0.1, 0.15) is 38.3 Å². The van der Waals surface area contributed by atoms with Crippen molar-refractivity contribution in [2.45, 2.75) is 51.6 Å². The van der Waals surface area contributed by atoms with E-state index in [1.54, 1.807) is 24.0 Å². The smallest absolute Gasteiger partial charge is 0.242 e. The summed E-state index contributed by atoms with van der Waals surface area (Å²) in [5.41, 5.74) is 1.73. The molecule has 2 atom stereocenters.